The molecule has 0 saturated heterocycles. The van der Waals surface area contributed by atoms with E-state index in [9.17, 15) is 24.8 Å². The number of carbonyl (C=O) groups is 1. The topological polar surface area (TPSA) is 154 Å². The average molecular weight is 402 g/mol. The first kappa shape index (κ1) is 23.3. The highest BCUT2D eigenvalue weighted by molar-refractivity contribution is 5.99. The molecule has 10 nitrogen and oxygen atoms in total. The lowest BCUT2D eigenvalue weighted by Crippen LogP contribution is -2.26. The van der Waals surface area contributed by atoms with Gasteiger partial charge >= 0.3 is 0 Å². The Labute approximate surface area is 168 Å². The zero-order valence-electron chi connectivity index (χ0n) is 17.1. The summed E-state index contributed by atoms with van der Waals surface area (Å²) in [6, 6.07) is 4.41. The molecule has 0 aliphatic heterocycles. The van der Waals surface area contributed by atoms with Gasteiger partial charge in [0.1, 0.15) is 11.4 Å². The smallest absolute Gasteiger partial charge is 0.288 e. The van der Waals surface area contributed by atoms with Crippen LogP contribution < -0.4 is 21.8 Å². The molecule has 0 radical (unpaired) electrons. The maximum absolute atomic E-state index is 12.2. The van der Waals surface area contributed by atoms with Crippen LogP contribution in [-0.4, -0.2) is 46.8 Å². The third-order valence-corrected chi connectivity index (χ3v) is 3.48. The lowest BCUT2D eigenvalue weighted by molar-refractivity contribution is 0.0824. The van der Waals surface area contributed by atoms with Crippen molar-refractivity contribution >= 4 is 23.0 Å². The molecule has 1 heterocycles. The standard InChI is InChI=1S/C16H18N6O4.C3H8/c1-4-18-11-12(15(25)21-20-14(11)24)19-10-6-8(7-17)5-9(13(10)23)16(26)22(2)3;1-3-2/h5-6,23H,4H2,1-3H3,(H2,18,21,25)(H2,19,20,24);3H2,1-2H3. The molecule has 0 spiro atoms. The van der Waals surface area contributed by atoms with E-state index >= 15 is 0 Å². The SMILES string of the molecule is CCC.CCNc1c(Nc2cc(C#N)cc(C(=O)N(C)C)c2O)c(=O)[nH][nH]c1=O. The molecule has 0 fully saturated rings. The van der Waals surface area contributed by atoms with Gasteiger partial charge in [-0.1, -0.05) is 20.3 Å². The fourth-order valence-corrected chi connectivity index (χ4v) is 2.26. The van der Waals surface area contributed by atoms with Crippen LogP contribution in [0.2, 0.25) is 0 Å². The number of carbonyl (C=O) groups excluding carboxylic acids is 1. The van der Waals surface area contributed by atoms with E-state index in [1.54, 1.807) is 6.92 Å². The number of nitrogens with one attached hydrogen (secondary N) is 4. The summed E-state index contributed by atoms with van der Waals surface area (Å²) in [5.41, 5.74) is -1.46. The molecule has 0 saturated carbocycles. The van der Waals surface area contributed by atoms with Gasteiger partial charge in [0.2, 0.25) is 0 Å². The van der Waals surface area contributed by atoms with E-state index in [0.717, 1.165) is 0 Å². The van der Waals surface area contributed by atoms with Crippen molar-refractivity contribution in [3.8, 4) is 11.8 Å². The summed E-state index contributed by atoms with van der Waals surface area (Å²) < 4.78 is 0. The van der Waals surface area contributed by atoms with Crippen molar-refractivity contribution in [3.05, 3.63) is 44.0 Å². The molecule has 0 aliphatic carbocycles. The largest absolute Gasteiger partial charge is 0.505 e. The van der Waals surface area contributed by atoms with E-state index in [2.05, 4.69) is 34.7 Å². The highest BCUT2D eigenvalue weighted by Gasteiger charge is 2.20. The van der Waals surface area contributed by atoms with E-state index in [-0.39, 0.29) is 28.2 Å². The van der Waals surface area contributed by atoms with Gasteiger partial charge in [0.15, 0.2) is 5.75 Å². The molecule has 2 aromatic rings. The second kappa shape index (κ2) is 10.6. The van der Waals surface area contributed by atoms with Crippen molar-refractivity contribution in [2.45, 2.75) is 27.2 Å². The van der Waals surface area contributed by atoms with E-state index in [4.69, 9.17) is 0 Å². The maximum atomic E-state index is 12.2. The van der Waals surface area contributed by atoms with Crippen molar-refractivity contribution in [3.63, 3.8) is 0 Å². The monoisotopic (exact) mass is 402 g/mol. The molecule has 1 amide bonds. The van der Waals surface area contributed by atoms with Gasteiger partial charge in [0.05, 0.1) is 22.9 Å². The minimum absolute atomic E-state index is 0.0292. The van der Waals surface area contributed by atoms with Crippen LogP contribution >= 0.6 is 0 Å². The van der Waals surface area contributed by atoms with E-state index in [1.165, 1.54) is 37.5 Å². The number of aromatic amines is 2. The van der Waals surface area contributed by atoms with Gasteiger partial charge in [0.25, 0.3) is 17.0 Å². The van der Waals surface area contributed by atoms with Crippen molar-refractivity contribution < 1.29 is 9.90 Å². The molecule has 1 aromatic heterocycles. The predicted octanol–water partition coefficient (Wildman–Crippen LogP) is 1.93. The van der Waals surface area contributed by atoms with Gasteiger partial charge in [-0.25, -0.2) is 0 Å². The normalized spacial score (nSPS) is 9.66. The summed E-state index contributed by atoms with van der Waals surface area (Å²) >= 11 is 0. The summed E-state index contributed by atoms with van der Waals surface area (Å²) in [4.78, 5) is 37.5. The number of aromatic hydroxyl groups is 1. The van der Waals surface area contributed by atoms with Crippen LogP contribution in [0.1, 0.15) is 43.1 Å². The second-order valence-corrected chi connectivity index (χ2v) is 6.25. The Hall–Kier alpha value is -3.74. The zero-order chi connectivity index (χ0) is 22.1. The minimum Gasteiger partial charge on any atom is -0.505 e. The first-order valence-corrected chi connectivity index (χ1v) is 9.06. The van der Waals surface area contributed by atoms with Gasteiger partial charge in [-0.2, -0.15) is 5.26 Å². The summed E-state index contributed by atoms with van der Waals surface area (Å²) in [5, 5.41) is 29.4. The zero-order valence-corrected chi connectivity index (χ0v) is 17.1. The number of hydrogen-bond acceptors (Lipinski definition) is 7. The first-order chi connectivity index (χ1) is 13.7. The van der Waals surface area contributed by atoms with Gasteiger partial charge in [-0.3, -0.25) is 24.6 Å². The second-order valence-electron chi connectivity index (χ2n) is 6.25. The molecule has 0 aliphatic rings. The fourth-order valence-electron chi connectivity index (χ4n) is 2.26. The van der Waals surface area contributed by atoms with Crippen LogP contribution in [0.15, 0.2) is 21.7 Å². The summed E-state index contributed by atoms with van der Waals surface area (Å²) in [5.74, 6) is -0.959. The highest BCUT2D eigenvalue weighted by Crippen LogP contribution is 2.32. The molecule has 156 valence electrons. The molecular formula is C19H26N6O4. The first-order valence-electron chi connectivity index (χ1n) is 9.06. The molecule has 1 aromatic carbocycles. The molecule has 2 rings (SSSR count). The average Bonchev–Trinajstić information content (AvgIpc) is 2.68. The molecule has 10 heteroatoms. The molecule has 29 heavy (non-hydrogen) atoms. The summed E-state index contributed by atoms with van der Waals surface area (Å²) in [6.45, 7) is 6.36. The predicted molar refractivity (Wildman–Crippen MR) is 112 cm³/mol. The Morgan fingerprint density at radius 1 is 1.14 bits per heavy atom. The van der Waals surface area contributed by atoms with Gasteiger partial charge in [0, 0.05) is 20.6 Å². The van der Waals surface area contributed by atoms with Gasteiger partial charge in [-0.15, -0.1) is 0 Å². The maximum Gasteiger partial charge on any atom is 0.288 e. The number of hydrogen-bond donors (Lipinski definition) is 5. The number of nitrogens with zero attached hydrogens (tertiary/aromatic N) is 2. The van der Waals surface area contributed by atoms with E-state index in [1.807, 2.05) is 6.07 Å². The lowest BCUT2D eigenvalue weighted by Gasteiger charge is -2.16. The number of aromatic nitrogens is 2. The Kier molecular flexibility index (Phi) is 8.48. The van der Waals surface area contributed by atoms with E-state index < -0.39 is 22.8 Å². The number of H-pyrrole nitrogens is 2. The summed E-state index contributed by atoms with van der Waals surface area (Å²) in [6.07, 6.45) is 1.25. The molecule has 0 bridgehead atoms. The van der Waals surface area contributed by atoms with Crippen LogP contribution in [0.25, 0.3) is 0 Å². The van der Waals surface area contributed by atoms with Crippen molar-refractivity contribution in [1.82, 2.24) is 15.1 Å². The number of phenols is 1. The Balaban J connectivity index is 0.00000132. The Bertz CT molecular complexity index is 1020. The van der Waals surface area contributed by atoms with Gasteiger partial charge in [-0.05, 0) is 19.1 Å². The van der Waals surface area contributed by atoms with Crippen LogP contribution in [0.5, 0.6) is 5.75 Å². The quantitative estimate of drug-likeness (QED) is 0.479. The van der Waals surface area contributed by atoms with E-state index in [0.29, 0.717) is 6.54 Å². The third-order valence-electron chi connectivity index (χ3n) is 3.48. The van der Waals surface area contributed by atoms with Crippen molar-refractivity contribution in [2.75, 3.05) is 31.3 Å². The Morgan fingerprint density at radius 3 is 2.17 bits per heavy atom. The number of nitriles is 1. The van der Waals surface area contributed by atoms with Crippen LogP contribution in [-0.2, 0) is 0 Å². The van der Waals surface area contributed by atoms with Crippen LogP contribution in [0, 0.1) is 11.3 Å². The highest BCUT2D eigenvalue weighted by atomic mass is 16.3. The lowest BCUT2D eigenvalue weighted by atomic mass is 10.1. The number of phenolic OH excluding ortho intramolecular Hbond substituents is 1. The molecule has 0 unspecified atom stereocenters. The van der Waals surface area contributed by atoms with Gasteiger partial charge < -0.3 is 20.6 Å². The Morgan fingerprint density at radius 2 is 1.69 bits per heavy atom. The number of benzene rings is 1. The number of rotatable bonds is 5. The van der Waals surface area contributed by atoms with Crippen molar-refractivity contribution in [1.29, 1.82) is 5.26 Å². The third kappa shape index (κ3) is 5.62. The molecule has 0 atom stereocenters. The van der Waals surface area contributed by atoms with Crippen LogP contribution in [0.3, 0.4) is 0 Å². The number of amides is 1. The summed E-state index contributed by atoms with van der Waals surface area (Å²) in [7, 11) is 3.00. The van der Waals surface area contributed by atoms with Crippen molar-refractivity contribution in [2.24, 2.45) is 0 Å². The number of anilines is 3. The minimum atomic E-state index is -0.650. The van der Waals surface area contributed by atoms with Crippen LogP contribution in [0.4, 0.5) is 17.1 Å². The molecular weight excluding hydrogens is 376 g/mol. The molecule has 5 N–H and O–H groups in total. The fraction of sp³-hybridized carbons (Fsp3) is 0.368.